The highest BCUT2D eigenvalue weighted by Crippen LogP contribution is 2.33. The number of para-hydroxylation sites is 1. The summed E-state index contributed by atoms with van der Waals surface area (Å²) in [6.07, 6.45) is 1.92. The van der Waals surface area contributed by atoms with Gasteiger partial charge < -0.3 is 4.98 Å². The van der Waals surface area contributed by atoms with Crippen molar-refractivity contribution in [1.82, 2.24) is 4.98 Å². The SMILES string of the molecule is ClN(c1ccccc1)C(c1ccccc1)c1ccc[nH]1. The van der Waals surface area contributed by atoms with Crippen molar-refractivity contribution in [3.8, 4) is 0 Å². The Hall–Kier alpha value is -2.19. The summed E-state index contributed by atoms with van der Waals surface area (Å²) in [5.74, 6) is 0. The number of aromatic amines is 1. The minimum absolute atomic E-state index is 0.0460. The number of nitrogens with zero attached hydrogens (tertiary/aromatic N) is 1. The van der Waals surface area contributed by atoms with E-state index in [4.69, 9.17) is 11.8 Å². The van der Waals surface area contributed by atoms with Crippen LogP contribution in [0, 0.1) is 0 Å². The lowest BCUT2D eigenvalue weighted by atomic mass is 10.0. The first-order chi connectivity index (χ1) is 9.86. The third kappa shape index (κ3) is 2.56. The summed E-state index contributed by atoms with van der Waals surface area (Å²) in [5, 5.41) is 0. The fourth-order valence-electron chi connectivity index (χ4n) is 2.30. The summed E-state index contributed by atoms with van der Waals surface area (Å²) < 4.78 is 1.77. The maximum absolute atomic E-state index is 6.61. The molecule has 1 N–H and O–H groups in total. The van der Waals surface area contributed by atoms with Crippen LogP contribution in [0.2, 0.25) is 0 Å². The second-order valence-electron chi connectivity index (χ2n) is 4.59. The Morgan fingerprint density at radius 3 is 2.05 bits per heavy atom. The zero-order valence-corrected chi connectivity index (χ0v) is 11.7. The van der Waals surface area contributed by atoms with E-state index in [2.05, 4.69) is 23.2 Å². The zero-order chi connectivity index (χ0) is 13.8. The van der Waals surface area contributed by atoms with Crippen LogP contribution in [0.15, 0.2) is 79.0 Å². The fourth-order valence-corrected chi connectivity index (χ4v) is 2.63. The molecule has 1 aromatic heterocycles. The Kier molecular flexibility index (Phi) is 3.75. The molecule has 0 spiro atoms. The van der Waals surface area contributed by atoms with Crippen molar-refractivity contribution in [3.05, 3.63) is 90.3 Å². The molecule has 20 heavy (non-hydrogen) atoms. The van der Waals surface area contributed by atoms with Crippen molar-refractivity contribution >= 4 is 17.5 Å². The predicted molar refractivity (Wildman–Crippen MR) is 83.9 cm³/mol. The van der Waals surface area contributed by atoms with Crippen LogP contribution in [-0.2, 0) is 0 Å². The molecule has 1 unspecified atom stereocenters. The Morgan fingerprint density at radius 2 is 1.45 bits per heavy atom. The normalized spacial score (nSPS) is 12.1. The Morgan fingerprint density at radius 1 is 0.800 bits per heavy atom. The highest BCUT2D eigenvalue weighted by Gasteiger charge is 2.22. The largest absolute Gasteiger partial charge is 0.363 e. The molecular weight excluding hydrogens is 268 g/mol. The van der Waals surface area contributed by atoms with E-state index in [9.17, 15) is 0 Å². The van der Waals surface area contributed by atoms with Crippen LogP contribution in [0.3, 0.4) is 0 Å². The molecule has 2 nitrogen and oxygen atoms in total. The Labute approximate surface area is 123 Å². The molecule has 0 amide bonds. The van der Waals surface area contributed by atoms with Gasteiger partial charge in [0.15, 0.2) is 0 Å². The molecule has 100 valence electrons. The van der Waals surface area contributed by atoms with E-state index < -0.39 is 0 Å². The molecule has 1 heterocycles. The molecule has 0 bridgehead atoms. The molecule has 0 radical (unpaired) electrons. The lowest BCUT2D eigenvalue weighted by Crippen LogP contribution is -2.20. The van der Waals surface area contributed by atoms with Crippen LogP contribution in [0.25, 0.3) is 0 Å². The van der Waals surface area contributed by atoms with Gasteiger partial charge in [0.1, 0.15) is 6.04 Å². The van der Waals surface area contributed by atoms with Gasteiger partial charge in [-0.15, -0.1) is 0 Å². The van der Waals surface area contributed by atoms with Crippen molar-refractivity contribution in [2.45, 2.75) is 6.04 Å². The average molecular weight is 283 g/mol. The van der Waals surface area contributed by atoms with Crippen molar-refractivity contribution in [3.63, 3.8) is 0 Å². The molecule has 0 aliphatic carbocycles. The van der Waals surface area contributed by atoms with Crippen LogP contribution >= 0.6 is 11.8 Å². The zero-order valence-electron chi connectivity index (χ0n) is 10.9. The number of aromatic nitrogens is 1. The molecule has 0 aliphatic heterocycles. The maximum Gasteiger partial charge on any atom is 0.111 e. The summed E-state index contributed by atoms with van der Waals surface area (Å²) in [6, 6.07) is 24.2. The number of nitrogens with one attached hydrogen (secondary N) is 1. The van der Waals surface area contributed by atoms with Gasteiger partial charge in [-0.05, 0) is 29.8 Å². The highest BCUT2D eigenvalue weighted by atomic mass is 35.5. The van der Waals surface area contributed by atoms with E-state index in [-0.39, 0.29) is 6.04 Å². The standard InChI is InChI=1S/C17H15ClN2/c18-20(15-10-5-2-6-11-15)17(16-12-7-13-19-16)14-8-3-1-4-9-14/h1-13,17,19H. The number of rotatable bonds is 4. The fraction of sp³-hybridized carbons (Fsp3) is 0.0588. The van der Waals surface area contributed by atoms with Gasteiger partial charge >= 0.3 is 0 Å². The van der Waals surface area contributed by atoms with Crippen LogP contribution < -0.4 is 4.42 Å². The Balaban J connectivity index is 2.03. The van der Waals surface area contributed by atoms with Crippen molar-refractivity contribution in [2.75, 3.05) is 4.42 Å². The second-order valence-corrected chi connectivity index (χ2v) is 4.95. The summed E-state index contributed by atoms with van der Waals surface area (Å²) in [6.45, 7) is 0. The molecular formula is C17H15ClN2. The topological polar surface area (TPSA) is 19.0 Å². The number of hydrogen-bond acceptors (Lipinski definition) is 1. The van der Waals surface area contributed by atoms with Crippen molar-refractivity contribution in [1.29, 1.82) is 0 Å². The second kappa shape index (κ2) is 5.85. The lowest BCUT2D eigenvalue weighted by molar-refractivity contribution is 0.834. The summed E-state index contributed by atoms with van der Waals surface area (Å²) >= 11 is 6.61. The van der Waals surface area contributed by atoms with E-state index in [0.717, 1.165) is 16.9 Å². The number of hydrogen-bond donors (Lipinski definition) is 1. The van der Waals surface area contributed by atoms with Crippen molar-refractivity contribution in [2.24, 2.45) is 0 Å². The summed E-state index contributed by atoms with van der Waals surface area (Å²) in [7, 11) is 0. The first kappa shape index (κ1) is 12.8. The summed E-state index contributed by atoms with van der Waals surface area (Å²) in [4.78, 5) is 3.26. The molecule has 3 heteroatoms. The molecule has 0 saturated carbocycles. The van der Waals surface area contributed by atoms with E-state index in [1.807, 2.05) is 60.8 Å². The maximum atomic E-state index is 6.61. The molecule has 3 aromatic rings. The van der Waals surface area contributed by atoms with Gasteiger partial charge in [0.25, 0.3) is 0 Å². The van der Waals surface area contributed by atoms with E-state index in [1.54, 1.807) is 4.42 Å². The van der Waals surface area contributed by atoms with E-state index in [0.29, 0.717) is 0 Å². The monoisotopic (exact) mass is 282 g/mol. The van der Waals surface area contributed by atoms with Gasteiger partial charge in [-0.25, -0.2) is 0 Å². The lowest BCUT2D eigenvalue weighted by Gasteiger charge is -2.27. The van der Waals surface area contributed by atoms with Gasteiger partial charge in [-0.1, -0.05) is 48.5 Å². The van der Waals surface area contributed by atoms with Crippen LogP contribution in [0.5, 0.6) is 0 Å². The molecule has 3 rings (SSSR count). The Bertz CT molecular complexity index is 635. The third-order valence-electron chi connectivity index (χ3n) is 3.26. The first-order valence-electron chi connectivity index (χ1n) is 6.54. The number of benzene rings is 2. The first-order valence-corrected chi connectivity index (χ1v) is 6.88. The minimum atomic E-state index is -0.0460. The van der Waals surface area contributed by atoms with E-state index >= 15 is 0 Å². The number of H-pyrrole nitrogens is 1. The molecule has 0 aliphatic rings. The molecule has 2 aromatic carbocycles. The highest BCUT2D eigenvalue weighted by molar-refractivity contribution is 6.26. The van der Waals surface area contributed by atoms with E-state index in [1.165, 1.54) is 0 Å². The van der Waals surface area contributed by atoms with Crippen LogP contribution in [0.1, 0.15) is 17.3 Å². The minimum Gasteiger partial charge on any atom is -0.363 e. The molecule has 0 saturated heterocycles. The molecule has 0 fully saturated rings. The molecule has 1 atom stereocenters. The smallest absolute Gasteiger partial charge is 0.111 e. The van der Waals surface area contributed by atoms with Gasteiger partial charge in [-0.2, -0.15) is 0 Å². The quantitative estimate of drug-likeness (QED) is 0.683. The predicted octanol–water partition coefficient (Wildman–Crippen LogP) is 4.76. The number of halogens is 1. The van der Waals surface area contributed by atoms with Crippen LogP contribution in [-0.4, -0.2) is 4.98 Å². The van der Waals surface area contributed by atoms with Gasteiger partial charge in [0.05, 0.1) is 5.69 Å². The van der Waals surface area contributed by atoms with Gasteiger partial charge in [0.2, 0.25) is 0 Å². The third-order valence-corrected chi connectivity index (χ3v) is 3.65. The number of anilines is 1. The van der Waals surface area contributed by atoms with Crippen LogP contribution in [0.4, 0.5) is 5.69 Å². The summed E-state index contributed by atoms with van der Waals surface area (Å²) in [5.41, 5.74) is 3.18. The van der Waals surface area contributed by atoms with Gasteiger partial charge in [0, 0.05) is 23.7 Å². The van der Waals surface area contributed by atoms with Gasteiger partial charge in [-0.3, -0.25) is 4.42 Å². The van der Waals surface area contributed by atoms with Crippen molar-refractivity contribution < 1.29 is 0 Å². The average Bonchev–Trinajstić information content (AvgIpc) is 3.03.